The van der Waals surface area contributed by atoms with E-state index in [1.807, 2.05) is 24.3 Å². The van der Waals surface area contributed by atoms with Crippen LogP contribution in [0.3, 0.4) is 0 Å². The molecule has 3 aromatic rings. The van der Waals surface area contributed by atoms with Crippen molar-refractivity contribution in [3.05, 3.63) is 64.8 Å². The van der Waals surface area contributed by atoms with E-state index >= 15 is 0 Å². The van der Waals surface area contributed by atoms with E-state index in [0.717, 1.165) is 29.4 Å². The monoisotopic (exact) mass is 365 g/mol. The zero-order valence-electron chi connectivity index (χ0n) is 14.7. The van der Waals surface area contributed by atoms with Crippen molar-refractivity contribution in [3.63, 3.8) is 0 Å². The summed E-state index contributed by atoms with van der Waals surface area (Å²) in [4.78, 5) is 23.2. The Morgan fingerprint density at radius 2 is 2.00 bits per heavy atom. The number of para-hydroxylation sites is 2. The van der Waals surface area contributed by atoms with Gasteiger partial charge in [-0.15, -0.1) is 11.6 Å². The number of alkyl halides is 1. The molecule has 0 spiro atoms. The first-order valence-electron chi connectivity index (χ1n) is 8.85. The number of aromatic nitrogens is 2. The van der Waals surface area contributed by atoms with Gasteiger partial charge in [0.2, 0.25) is 5.91 Å². The average Bonchev–Trinajstić information content (AvgIpc) is 3.14. The summed E-state index contributed by atoms with van der Waals surface area (Å²) in [6.07, 6.45) is 5.12. The zero-order valence-corrected chi connectivity index (χ0v) is 15.5. The van der Waals surface area contributed by atoms with E-state index in [1.165, 1.54) is 23.1 Å². The molecule has 1 amide bonds. The van der Waals surface area contributed by atoms with Gasteiger partial charge in [0.05, 0.1) is 23.8 Å². The van der Waals surface area contributed by atoms with Crippen molar-refractivity contribution < 1.29 is 4.79 Å². The molecule has 0 N–H and O–H groups in total. The third-order valence-electron chi connectivity index (χ3n) is 4.97. The maximum absolute atomic E-state index is 12.5. The van der Waals surface area contributed by atoms with Crippen LogP contribution >= 0.6 is 11.6 Å². The molecule has 0 radical (unpaired) electrons. The van der Waals surface area contributed by atoms with Gasteiger partial charge in [0.15, 0.2) is 5.82 Å². The smallest absolute Gasteiger partial charge is 0.243 e. The normalized spacial score (nSPS) is 13.0. The molecule has 1 heterocycles. The topological polar surface area (TPSA) is 46.1 Å². The molecular formula is C21H20ClN3O. The summed E-state index contributed by atoms with van der Waals surface area (Å²) in [5.41, 5.74) is 6.86. The van der Waals surface area contributed by atoms with Crippen LogP contribution < -0.4 is 4.90 Å². The third-order valence-corrected chi connectivity index (χ3v) is 5.20. The Labute approximate surface area is 157 Å². The lowest BCUT2D eigenvalue weighted by atomic mass is 10.0. The summed E-state index contributed by atoms with van der Waals surface area (Å²) in [6, 6.07) is 12.0. The van der Waals surface area contributed by atoms with Crippen molar-refractivity contribution in [2.45, 2.75) is 32.7 Å². The summed E-state index contributed by atoms with van der Waals surface area (Å²) >= 11 is 5.87. The van der Waals surface area contributed by atoms with Gasteiger partial charge in [-0.05, 0) is 60.6 Å². The minimum atomic E-state index is -0.172. The van der Waals surface area contributed by atoms with Crippen molar-refractivity contribution in [1.29, 1.82) is 0 Å². The van der Waals surface area contributed by atoms with Crippen molar-refractivity contribution >= 4 is 34.4 Å². The Kier molecular flexibility index (Phi) is 4.60. The quantitative estimate of drug-likeness (QED) is 0.651. The molecule has 26 heavy (non-hydrogen) atoms. The number of rotatable bonds is 4. The first-order valence-corrected chi connectivity index (χ1v) is 9.38. The fraction of sp³-hybridized carbons (Fsp3) is 0.286. The maximum atomic E-state index is 12.5. The van der Waals surface area contributed by atoms with E-state index in [4.69, 9.17) is 11.6 Å². The molecule has 0 aliphatic heterocycles. The van der Waals surface area contributed by atoms with Crippen LogP contribution in [0.15, 0.2) is 42.6 Å². The SMILES string of the molecule is Cc1cc(CN(C(=O)CCl)c2cnc3ccccc3n2)cc2c1CCC2. The van der Waals surface area contributed by atoms with E-state index in [1.54, 1.807) is 11.1 Å². The Morgan fingerprint density at radius 1 is 1.19 bits per heavy atom. The number of carbonyl (C=O) groups excluding carboxylic acids is 1. The molecule has 0 unspecified atom stereocenters. The molecule has 1 aliphatic carbocycles. The average molecular weight is 366 g/mol. The molecule has 0 saturated carbocycles. The second-order valence-corrected chi connectivity index (χ2v) is 7.00. The third kappa shape index (κ3) is 3.17. The van der Waals surface area contributed by atoms with E-state index < -0.39 is 0 Å². The van der Waals surface area contributed by atoms with Crippen LogP contribution in [0.2, 0.25) is 0 Å². The lowest BCUT2D eigenvalue weighted by Crippen LogP contribution is -2.32. The molecular weight excluding hydrogens is 346 g/mol. The second kappa shape index (κ2) is 7.04. The van der Waals surface area contributed by atoms with Crippen LogP contribution in [-0.2, 0) is 24.2 Å². The molecule has 4 nitrogen and oxygen atoms in total. The van der Waals surface area contributed by atoms with Gasteiger partial charge in [0.1, 0.15) is 5.88 Å². The van der Waals surface area contributed by atoms with Gasteiger partial charge in [-0.25, -0.2) is 4.98 Å². The Bertz CT molecular complexity index is 986. The largest absolute Gasteiger partial charge is 0.290 e. The lowest BCUT2D eigenvalue weighted by molar-refractivity contribution is -0.116. The van der Waals surface area contributed by atoms with Gasteiger partial charge in [-0.1, -0.05) is 24.3 Å². The van der Waals surface area contributed by atoms with Crippen LogP contribution in [0.25, 0.3) is 11.0 Å². The van der Waals surface area contributed by atoms with Crippen LogP contribution in [-0.4, -0.2) is 21.8 Å². The minimum Gasteiger partial charge on any atom is -0.290 e. The Hall–Kier alpha value is -2.46. The van der Waals surface area contributed by atoms with E-state index in [-0.39, 0.29) is 11.8 Å². The van der Waals surface area contributed by atoms with Crippen molar-refractivity contribution in [2.24, 2.45) is 0 Å². The summed E-state index contributed by atoms with van der Waals surface area (Å²) in [7, 11) is 0. The second-order valence-electron chi connectivity index (χ2n) is 6.73. The summed E-state index contributed by atoms with van der Waals surface area (Å²) in [6.45, 7) is 2.60. The molecule has 5 heteroatoms. The van der Waals surface area contributed by atoms with E-state index in [9.17, 15) is 4.79 Å². The number of hydrogen-bond donors (Lipinski definition) is 0. The van der Waals surface area contributed by atoms with Gasteiger partial charge in [0.25, 0.3) is 0 Å². The molecule has 1 aliphatic rings. The fourth-order valence-corrected chi connectivity index (χ4v) is 3.87. The van der Waals surface area contributed by atoms with Crippen molar-refractivity contribution in [1.82, 2.24) is 9.97 Å². The molecule has 0 atom stereocenters. The highest BCUT2D eigenvalue weighted by Gasteiger charge is 2.20. The number of nitrogens with zero attached hydrogens (tertiary/aromatic N) is 3. The van der Waals surface area contributed by atoms with Crippen molar-refractivity contribution in [3.8, 4) is 0 Å². The predicted octanol–water partition coefficient (Wildman–Crippen LogP) is 4.20. The van der Waals surface area contributed by atoms with Crippen LogP contribution in [0.4, 0.5) is 5.82 Å². The predicted molar refractivity (Wildman–Crippen MR) is 105 cm³/mol. The highest BCUT2D eigenvalue weighted by Crippen LogP contribution is 2.28. The number of hydrogen-bond acceptors (Lipinski definition) is 3. The lowest BCUT2D eigenvalue weighted by Gasteiger charge is -2.22. The van der Waals surface area contributed by atoms with Gasteiger partial charge < -0.3 is 0 Å². The number of carbonyl (C=O) groups is 1. The van der Waals surface area contributed by atoms with Crippen LogP contribution in [0.5, 0.6) is 0 Å². The first-order chi connectivity index (χ1) is 12.7. The first kappa shape index (κ1) is 17.0. The number of aryl methyl sites for hydroxylation is 2. The van der Waals surface area contributed by atoms with Gasteiger partial charge in [-0.3, -0.25) is 14.7 Å². The number of fused-ring (bicyclic) bond motifs is 2. The molecule has 0 bridgehead atoms. The summed E-state index contributed by atoms with van der Waals surface area (Å²) in [5, 5.41) is 0. The maximum Gasteiger partial charge on any atom is 0.243 e. The van der Waals surface area contributed by atoms with E-state index in [0.29, 0.717) is 12.4 Å². The number of halogens is 1. The van der Waals surface area contributed by atoms with E-state index in [2.05, 4.69) is 29.0 Å². The van der Waals surface area contributed by atoms with Crippen LogP contribution in [0, 0.1) is 6.92 Å². The summed E-state index contributed by atoms with van der Waals surface area (Å²) in [5.74, 6) is 0.278. The van der Waals surface area contributed by atoms with Gasteiger partial charge in [0, 0.05) is 0 Å². The molecule has 1 aromatic heterocycles. The number of amides is 1. The fourth-order valence-electron chi connectivity index (χ4n) is 3.73. The Balaban J connectivity index is 1.71. The zero-order chi connectivity index (χ0) is 18.1. The van der Waals surface area contributed by atoms with Gasteiger partial charge >= 0.3 is 0 Å². The molecule has 132 valence electrons. The molecule has 4 rings (SSSR count). The minimum absolute atomic E-state index is 0.0849. The highest BCUT2D eigenvalue weighted by atomic mass is 35.5. The molecule has 0 fully saturated rings. The number of benzene rings is 2. The van der Waals surface area contributed by atoms with Gasteiger partial charge in [-0.2, -0.15) is 0 Å². The molecule has 0 saturated heterocycles. The van der Waals surface area contributed by atoms with Crippen molar-refractivity contribution in [2.75, 3.05) is 10.8 Å². The molecule has 2 aromatic carbocycles. The van der Waals surface area contributed by atoms with Crippen LogP contribution in [0.1, 0.15) is 28.7 Å². The standard InChI is InChI=1S/C21H20ClN3O/c1-14-9-15(10-16-5-4-6-17(14)16)13-25(21(26)11-22)20-12-23-18-7-2-3-8-19(18)24-20/h2-3,7-10,12H,4-6,11,13H2,1H3. The number of anilines is 1. The summed E-state index contributed by atoms with van der Waals surface area (Å²) < 4.78 is 0. The Morgan fingerprint density at radius 3 is 2.81 bits per heavy atom. The highest BCUT2D eigenvalue weighted by molar-refractivity contribution is 6.29.